The minimum absolute atomic E-state index is 0.0118. The molecule has 0 aromatic heterocycles. The Hall–Kier alpha value is -2.85. The maximum Gasteiger partial charge on any atom is 0.242 e. The number of benzene rings is 2. The van der Waals surface area contributed by atoms with Crippen molar-refractivity contribution in [1.82, 2.24) is 10.2 Å². The second-order valence-electron chi connectivity index (χ2n) is 8.69. The number of halogens is 2. The average Bonchev–Trinajstić information content (AvgIpc) is 2.85. The van der Waals surface area contributed by atoms with Crippen LogP contribution < -0.4 is 14.4 Å². The quantitative estimate of drug-likeness (QED) is 0.349. The molecule has 37 heavy (non-hydrogen) atoms. The summed E-state index contributed by atoms with van der Waals surface area (Å²) in [6.45, 7) is 4.01. The lowest BCUT2D eigenvalue weighted by molar-refractivity contribution is -0.140. The number of methoxy groups -OCH3 is 1. The summed E-state index contributed by atoms with van der Waals surface area (Å²) in [4.78, 5) is 27.3. The molecule has 2 aromatic carbocycles. The topological polar surface area (TPSA) is 96.0 Å². The van der Waals surface area contributed by atoms with Crippen LogP contribution in [0.5, 0.6) is 5.75 Å². The van der Waals surface area contributed by atoms with Crippen molar-refractivity contribution in [3.05, 3.63) is 58.9 Å². The maximum atomic E-state index is 14.4. The second-order valence-corrected chi connectivity index (χ2v) is 11.0. The molecule has 2 rings (SSSR count). The maximum absolute atomic E-state index is 14.4. The number of hydrogen-bond acceptors (Lipinski definition) is 5. The summed E-state index contributed by atoms with van der Waals surface area (Å²) >= 11 is 6.17. The van der Waals surface area contributed by atoms with Gasteiger partial charge in [-0.25, -0.2) is 12.8 Å². The van der Waals surface area contributed by atoms with E-state index in [-0.39, 0.29) is 48.3 Å². The minimum atomic E-state index is -3.67. The molecular weight excluding hydrogens is 521 g/mol. The fraction of sp³-hybridized carbons (Fsp3) is 0.462. The highest BCUT2D eigenvalue weighted by molar-refractivity contribution is 7.92. The first-order valence-corrected chi connectivity index (χ1v) is 14.3. The molecule has 0 saturated carbocycles. The minimum Gasteiger partial charge on any atom is -0.495 e. The zero-order chi connectivity index (χ0) is 27.6. The summed E-state index contributed by atoms with van der Waals surface area (Å²) < 4.78 is 45.6. The zero-order valence-electron chi connectivity index (χ0n) is 21.7. The van der Waals surface area contributed by atoms with E-state index in [0.29, 0.717) is 18.0 Å². The van der Waals surface area contributed by atoms with Gasteiger partial charge in [0.05, 0.1) is 24.1 Å². The number of sulfonamides is 1. The third kappa shape index (κ3) is 8.89. The van der Waals surface area contributed by atoms with Gasteiger partial charge in [-0.15, -0.1) is 0 Å². The van der Waals surface area contributed by atoms with Crippen LogP contribution in [0.2, 0.25) is 5.02 Å². The molecular formula is C26H35ClFN3O5S. The Labute approximate surface area is 223 Å². The van der Waals surface area contributed by atoms with Gasteiger partial charge in [-0.05, 0) is 44.0 Å². The molecule has 1 N–H and O–H groups in total. The third-order valence-corrected chi connectivity index (χ3v) is 7.36. The zero-order valence-corrected chi connectivity index (χ0v) is 23.2. The molecule has 0 saturated heterocycles. The van der Waals surface area contributed by atoms with Crippen LogP contribution in [-0.2, 0) is 26.2 Å². The van der Waals surface area contributed by atoms with E-state index in [1.54, 1.807) is 37.3 Å². The monoisotopic (exact) mass is 555 g/mol. The van der Waals surface area contributed by atoms with Gasteiger partial charge in [-0.2, -0.15) is 0 Å². The number of anilines is 1. The number of unbranched alkanes of at least 4 members (excludes halogenated alkanes) is 1. The highest BCUT2D eigenvalue weighted by Crippen LogP contribution is 2.30. The largest absolute Gasteiger partial charge is 0.495 e. The number of rotatable bonds is 14. The first-order chi connectivity index (χ1) is 17.5. The van der Waals surface area contributed by atoms with Crippen LogP contribution >= 0.6 is 11.6 Å². The van der Waals surface area contributed by atoms with Crippen LogP contribution in [0.1, 0.15) is 45.1 Å². The number of nitrogens with one attached hydrogen (secondary N) is 1. The molecule has 204 valence electrons. The summed E-state index contributed by atoms with van der Waals surface area (Å²) in [6, 6.07) is 9.86. The van der Waals surface area contributed by atoms with Crippen LogP contribution in [-0.4, -0.2) is 57.6 Å². The molecule has 0 unspecified atom stereocenters. The predicted octanol–water partition coefficient (Wildman–Crippen LogP) is 4.37. The van der Waals surface area contributed by atoms with E-state index in [1.807, 2.05) is 6.92 Å². The first kappa shape index (κ1) is 30.4. The van der Waals surface area contributed by atoms with Crippen molar-refractivity contribution in [2.24, 2.45) is 0 Å². The molecule has 0 spiro atoms. The lowest BCUT2D eigenvalue weighted by Gasteiger charge is -2.29. The third-order valence-electron chi connectivity index (χ3n) is 5.87. The van der Waals surface area contributed by atoms with E-state index in [9.17, 15) is 22.4 Å². The molecule has 0 fully saturated rings. The molecule has 11 heteroatoms. The Balaban J connectivity index is 2.18. The first-order valence-electron chi connectivity index (χ1n) is 12.1. The summed E-state index contributed by atoms with van der Waals surface area (Å²) in [6.07, 6.45) is 2.91. The summed E-state index contributed by atoms with van der Waals surface area (Å²) in [5.41, 5.74) is 0.627. The molecule has 2 aromatic rings. The van der Waals surface area contributed by atoms with E-state index in [0.717, 1.165) is 23.4 Å². The van der Waals surface area contributed by atoms with E-state index in [1.165, 1.54) is 24.1 Å². The molecule has 0 heterocycles. The number of hydrogen-bond donors (Lipinski definition) is 1. The molecule has 8 nitrogen and oxygen atoms in total. The van der Waals surface area contributed by atoms with Crippen LogP contribution in [0.25, 0.3) is 0 Å². The van der Waals surface area contributed by atoms with Crippen molar-refractivity contribution >= 4 is 39.1 Å². The smallest absolute Gasteiger partial charge is 0.242 e. The normalized spacial score (nSPS) is 12.1. The Morgan fingerprint density at radius 1 is 1.16 bits per heavy atom. The summed E-state index contributed by atoms with van der Waals surface area (Å²) in [5.74, 6) is -0.783. The van der Waals surface area contributed by atoms with Gasteiger partial charge < -0.3 is 15.0 Å². The van der Waals surface area contributed by atoms with Crippen molar-refractivity contribution in [3.63, 3.8) is 0 Å². The van der Waals surface area contributed by atoms with Crippen molar-refractivity contribution in [1.29, 1.82) is 0 Å². The Morgan fingerprint density at radius 2 is 1.86 bits per heavy atom. The van der Waals surface area contributed by atoms with Crippen LogP contribution in [0, 0.1) is 5.82 Å². The van der Waals surface area contributed by atoms with Crippen LogP contribution in [0.3, 0.4) is 0 Å². The lowest BCUT2D eigenvalue weighted by Crippen LogP contribution is -2.48. The average molecular weight is 556 g/mol. The number of amides is 2. The molecule has 0 aliphatic rings. The highest BCUT2D eigenvalue weighted by Gasteiger charge is 2.27. The van der Waals surface area contributed by atoms with Gasteiger partial charge in [0.2, 0.25) is 21.8 Å². The Kier molecular flexibility index (Phi) is 11.6. The standard InChI is InChI=1S/C26H35ClFN3O5S/c1-5-6-15-29-26(33)19(2)30(18-20-10-7-8-11-23(20)28)25(32)12-9-16-31(37(4,34)35)21-13-14-24(36-3)22(27)17-21/h7-8,10-11,13-14,17,19H,5-6,9,12,15-16,18H2,1-4H3,(H,29,33)/t19-/m1/s1. The van der Waals surface area contributed by atoms with Gasteiger partial charge in [0.1, 0.15) is 17.6 Å². The van der Waals surface area contributed by atoms with Gasteiger partial charge >= 0.3 is 0 Å². The van der Waals surface area contributed by atoms with Gasteiger partial charge in [-0.3, -0.25) is 13.9 Å². The summed E-state index contributed by atoms with van der Waals surface area (Å²) in [5, 5.41) is 3.07. The van der Waals surface area contributed by atoms with Crippen LogP contribution in [0.15, 0.2) is 42.5 Å². The molecule has 2 amide bonds. The highest BCUT2D eigenvalue weighted by atomic mass is 35.5. The van der Waals surface area contributed by atoms with E-state index >= 15 is 0 Å². The van der Waals surface area contributed by atoms with E-state index < -0.39 is 21.9 Å². The molecule has 0 radical (unpaired) electrons. The predicted molar refractivity (Wildman–Crippen MR) is 144 cm³/mol. The number of carbonyl (C=O) groups is 2. The summed E-state index contributed by atoms with van der Waals surface area (Å²) in [7, 11) is -2.22. The second kappa shape index (κ2) is 14.2. The van der Waals surface area contributed by atoms with Crippen molar-refractivity contribution < 1.29 is 27.1 Å². The van der Waals surface area contributed by atoms with E-state index in [4.69, 9.17) is 16.3 Å². The number of ether oxygens (including phenoxy) is 1. The molecule has 0 aliphatic carbocycles. The fourth-order valence-electron chi connectivity index (χ4n) is 3.74. The van der Waals surface area contributed by atoms with Gasteiger partial charge in [-0.1, -0.05) is 43.1 Å². The Bertz CT molecular complexity index is 1180. The molecule has 0 aliphatic heterocycles. The van der Waals surface area contributed by atoms with Crippen molar-refractivity contribution in [2.75, 3.05) is 30.8 Å². The van der Waals surface area contributed by atoms with Crippen LogP contribution in [0.4, 0.5) is 10.1 Å². The Morgan fingerprint density at radius 3 is 2.46 bits per heavy atom. The molecule has 0 bridgehead atoms. The van der Waals surface area contributed by atoms with Crippen molar-refractivity contribution in [2.45, 2.75) is 52.1 Å². The SMILES string of the molecule is CCCCNC(=O)[C@@H](C)N(Cc1ccccc1F)C(=O)CCCN(c1ccc(OC)c(Cl)c1)S(C)(=O)=O. The fourth-order valence-corrected chi connectivity index (χ4v) is 4.95. The number of nitrogens with zero attached hydrogens (tertiary/aromatic N) is 2. The van der Waals surface area contributed by atoms with Gasteiger partial charge in [0.15, 0.2) is 0 Å². The number of carbonyl (C=O) groups excluding carboxylic acids is 2. The van der Waals surface area contributed by atoms with Gasteiger partial charge in [0.25, 0.3) is 0 Å². The lowest BCUT2D eigenvalue weighted by atomic mass is 10.1. The van der Waals surface area contributed by atoms with Crippen molar-refractivity contribution in [3.8, 4) is 5.75 Å². The van der Waals surface area contributed by atoms with Gasteiger partial charge in [0, 0.05) is 31.6 Å². The molecule has 1 atom stereocenters. The van der Waals surface area contributed by atoms with E-state index in [2.05, 4.69) is 5.32 Å².